The van der Waals surface area contributed by atoms with Crippen molar-refractivity contribution in [2.24, 2.45) is 0 Å². The number of carbonyl (C=O) groups excluding carboxylic acids is 1. The smallest absolute Gasteiger partial charge is 0.319 e. The van der Waals surface area contributed by atoms with E-state index in [1.807, 2.05) is 0 Å². The van der Waals surface area contributed by atoms with Crippen LogP contribution in [0.2, 0.25) is 0 Å². The molecule has 2 rings (SSSR count). The van der Waals surface area contributed by atoms with Crippen molar-refractivity contribution >= 4 is 11.7 Å². The lowest BCUT2D eigenvalue weighted by molar-refractivity contribution is 0.251. The molecule has 0 saturated carbocycles. The molecule has 9 heteroatoms. The number of carbonyl (C=O) groups is 1. The predicted octanol–water partition coefficient (Wildman–Crippen LogP) is 3.06. The average Bonchev–Trinajstić information content (AvgIpc) is 2.75. The third-order valence-corrected chi connectivity index (χ3v) is 4.10. The van der Waals surface area contributed by atoms with Crippen LogP contribution < -0.4 is 39.1 Å². The van der Waals surface area contributed by atoms with Crippen molar-refractivity contribution in [2.45, 2.75) is 6.54 Å². The molecule has 0 aromatic heterocycles. The van der Waals surface area contributed by atoms with Crippen LogP contribution in [0.5, 0.6) is 34.5 Å². The lowest BCUT2D eigenvalue weighted by atomic mass is 10.2. The fourth-order valence-electron chi connectivity index (χ4n) is 2.75. The molecule has 2 amide bonds. The van der Waals surface area contributed by atoms with Crippen molar-refractivity contribution in [2.75, 3.05) is 48.0 Å². The normalized spacial score (nSPS) is 10.0. The summed E-state index contributed by atoms with van der Waals surface area (Å²) < 4.78 is 31.8. The molecule has 0 atom stereocenters. The molecule has 0 aliphatic heterocycles. The lowest BCUT2D eigenvalue weighted by Gasteiger charge is -2.16. The van der Waals surface area contributed by atoms with Crippen LogP contribution in [0.3, 0.4) is 0 Å². The van der Waals surface area contributed by atoms with Crippen LogP contribution in [0.4, 0.5) is 10.5 Å². The van der Waals surface area contributed by atoms with Crippen molar-refractivity contribution < 1.29 is 33.2 Å². The molecule has 0 bridgehead atoms. The molecule has 0 unspecified atom stereocenters. The Morgan fingerprint density at radius 2 is 1.10 bits per heavy atom. The second-order valence-electron chi connectivity index (χ2n) is 5.76. The zero-order chi connectivity index (χ0) is 21.4. The summed E-state index contributed by atoms with van der Waals surface area (Å²) in [6.45, 7) is 0.243. The number of ether oxygens (including phenoxy) is 6. The first kappa shape index (κ1) is 21.8. The quantitative estimate of drug-likeness (QED) is 0.661. The maximum atomic E-state index is 12.3. The van der Waals surface area contributed by atoms with Gasteiger partial charge < -0.3 is 39.1 Å². The van der Waals surface area contributed by atoms with Crippen molar-refractivity contribution in [3.8, 4) is 34.5 Å². The number of nitrogens with one attached hydrogen (secondary N) is 2. The molecule has 158 valence electrons. The molecule has 0 fully saturated rings. The van der Waals surface area contributed by atoms with Gasteiger partial charge in [0.05, 0.1) is 48.3 Å². The van der Waals surface area contributed by atoms with Crippen LogP contribution in [0.15, 0.2) is 24.3 Å². The molecule has 0 heterocycles. The Morgan fingerprint density at radius 1 is 0.690 bits per heavy atom. The second-order valence-corrected chi connectivity index (χ2v) is 5.76. The Hall–Kier alpha value is -3.49. The minimum Gasteiger partial charge on any atom is -0.493 e. The highest BCUT2D eigenvalue weighted by atomic mass is 16.5. The molecular formula is C20H26N2O7. The van der Waals surface area contributed by atoms with E-state index in [4.69, 9.17) is 28.4 Å². The lowest BCUT2D eigenvalue weighted by Crippen LogP contribution is -2.28. The van der Waals surface area contributed by atoms with Gasteiger partial charge in [0, 0.05) is 18.7 Å². The maximum Gasteiger partial charge on any atom is 0.319 e. The van der Waals surface area contributed by atoms with Gasteiger partial charge in [-0.3, -0.25) is 0 Å². The van der Waals surface area contributed by atoms with E-state index < -0.39 is 6.03 Å². The molecule has 0 radical (unpaired) electrons. The van der Waals surface area contributed by atoms with Crippen LogP contribution in [0.1, 0.15) is 5.56 Å². The Balaban J connectivity index is 2.12. The number of anilines is 1. The van der Waals surface area contributed by atoms with Crippen molar-refractivity contribution in [3.63, 3.8) is 0 Å². The van der Waals surface area contributed by atoms with Gasteiger partial charge in [-0.25, -0.2) is 4.79 Å². The minimum atomic E-state index is -0.409. The van der Waals surface area contributed by atoms with E-state index in [0.717, 1.165) is 5.56 Å². The van der Waals surface area contributed by atoms with E-state index >= 15 is 0 Å². The zero-order valence-electron chi connectivity index (χ0n) is 17.4. The summed E-state index contributed by atoms with van der Waals surface area (Å²) in [6, 6.07) is 6.40. The summed E-state index contributed by atoms with van der Waals surface area (Å²) in [4.78, 5) is 12.3. The van der Waals surface area contributed by atoms with E-state index in [1.54, 1.807) is 24.3 Å². The monoisotopic (exact) mass is 406 g/mol. The van der Waals surface area contributed by atoms with Crippen LogP contribution in [-0.4, -0.2) is 48.7 Å². The average molecular weight is 406 g/mol. The summed E-state index contributed by atoms with van der Waals surface area (Å²) in [6.07, 6.45) is 0. The van der Waals surface area contributed by atoms with Gasteiger partial charge in [-0.1, -0.05) is 0 Å². The van der Waals surface area contributed by atoms with Crippen LogP contribution in [0.25, 0.3) is 0 Å². The van der Waals surface area contributed by atoms with E-state index in [9.17, 15) is 4.79 Å². The number of rotatable bonds is 9. The Bertz CT molecular complexity index is 805. The summed E-state index contributed by atoms with van der Waals surface area (Å²) >= 11 is 0. The molecule has 2 aromatic rings. The van der Waals surface area contributed by atoms with Gasteiger partial charge in [-0.2, -0.15) is 0 Å². The van der Waals surface area contributed by atoms with Gasteiger partial charge in [0.2, 0.25) is 11.5 Å². The topological polar surface area (TPSA) is 96.5 Å². The molecule has 29 heavy (non-hydrogen) atoms. The summed E-state index contributed by atoms with van der Waals surface area (Å²) in [7, 11) is 9.12. The molecule has 0 saturated heterocycles. The molecule has 9 nitrogen and oxygen atoms in total. The standard InChI is InChI=1S/C20H26N2O7/c1-24-14-7-12(8-15(25-2)18(14)28-5)11-21-20(23)22-13-9-16(26-3)19(29-6)17(10-13)27-4/h7-10H,11H2,1-6H3,(H2,21,22,23). The van der Waals surface area contributed by atoms with E-state index in [0.29, 0.717) is 40.2 Å². The zero-order valence-corrected chi connectivity index (χ0v) is 17.4. The maximum absolute atomic E-state index is 12.3. The Kier molecular flexibility index (Phi) is 7.64. The molecule has 0 aliphatic rings. The molecule has 2 N–H and O–H groups in total. The highest BCUT2D eigenvalue weighted by molar-refractivity contribution is 5.90. The van der Waals surface area contributed by atoms with E-state index in [1.165, 1.54) is 42.7 Å². The number of amides is 2. The number of hydrogen-bond acceptors (Lipinski definition) is 7. The predicted molar refractivity (Wildman–Crippen MR) is 108 cm³/mol. The summed E-state index contributed by atoms with van der Waals surface area (Å²) in [5.41, 5.74) is 1.27. The van der Waals surface area contributed by atoms with Gasteiger partial charge in [-0.15, -0.1) is 0 Å². The number of methoxy groups -OCH3 is 6. The van der Waals surface area contributed by atoms with E-state index in [-0.39, 0.29) is 6.54 Å². The fourth-order valence-corrected chi connectivity index (χ4v) is 2.75. The first-order valence-electron chi connectivity index (χ1n) is 8.64. The SMILES string of the molecule is COc1cc(CNC(=O)Nc2cc(OC)c(OC)c(OC)c2)cc(OC)c1OC. The Morgan fingerprint density at radius 3 is 1.48 bits per heavy atom. The van der Waals surface area contributed by atoms with Crippen molar-refractivity contribution in [1.82, 2.24) is 5.32 Å². The van der Waals surface area contributed by atoms with Crippen LogP contribution in [-0.2, 0) is 6.54 Å². The Labute approximate surface area is 169 Å². The van der Waals surface area contributed by atoms with Gasteiger partial charge in [-0.05, 0) is 17.7 Å². The highest BCUT2D eigenvalue weighted by Gasteiger charge is 2.16. The van der Waals surface area contributed by atoms with Crippen LogP contribution in [0, 0.1) is 0 Å². The molecular weight excluding hydrogens is 380 g/mol. The largest absolute Gasteiger partial charge is 0.493 e. The van der Waals surface area contributed by atoms with Crippen LogP contribution >= 0.6 is 0 Å². The summed E-state index contributed by atoms with van der Waals surface area (Å²) in [5, 5.41) is 5.52. The second kappa shape index (κ2) is 10.2. The minimum absolute atomic E-state index is 0.243. The van der Waals surface area contributed by atoms with Crippen molar-refractivity contribution in [1.29, 1.82) is 0 Å². The third-order valence-electron chi connectivity index (χ3n) is 4.10. The molecule has 0 aliphatic carbocycles. The van der Waals surface area contributed by atoms with Gasteiger partial charge in [0.15, 0.2) is 23.0 Å². The van der Waals surface area contributed by atoms with Gasteiger partial charge in [0.25, 0.3) is 0 Å². The number of urea groups is 1. The van der Waals surface area contributed by atoms with E-state index in [2.05, 4.69) is 10.6 Å². The highest BCUT2D eigenvalue weighted by Crippen LogP contribution is 2.40. The number of hydrogen-bond donors (Lipinski definition) is 2. The molecule has 2 aromatic carbocycles. The summed E-state index contributed by atoms with van der Waals surface area (Å²) in [5.74, 6) is 2.82. The molecule has 0 spiro atoms. The van der Waals surface area contributed by atoms with Crippen molar-refractivity contribution in [3.05, 3.63) is 29.8 Å². The fraction of sp³-hybridized carbons (Fsp3) is 0.350. The first-order chi connectivity index (χ1) is 14.0. The first-order valence-corrected chi connectivity index (χ1v) is 8.64. The third kappa shape index (κ3) is 5.07. The number of benzene rings is 2. The van der Waals surface area contributed by atoms with Gasteiger partial charge in [0.1, 0.15) is 0 Å². The van der Waals surface area contributed by atoms with Gasteiger partial charge >= 0.3 is 6.03 Å².